The highest BCUT2D eigenvalue weighted by molar-refractivity contribution is 7.90. The van der Waals surface area contributed by atoms with Crippen molar-refractivity contribution in [3.63, 3.8) is 0 Å². The molecule has 0 spiro atoms. The van der Waals surface area contributed by atoms with Gasteiger partial charge in [-0.15, -0.1) is 0 Å². The minimum absolute atomic E-state index is 0.00532. The van der Waals surface area contributed by atoms with Crippen molar-refractivity contribution < 1.29 is 16.8 Å². The first-order chi connectivity index (χ1) is 12.7. The fourth-order valence-corrected chi connectivity index (χ4v) is 4.66. The Kier molecular flexibility index (Phi) is 5.52. The zero-order valence-electron chi connectivity index (χ0n) is 15.1. The van der Waals surface area contributed by atoms with E-state index in [0.29, 0.717) is 0 Å². The lowest BCUT2D eigenvalue weighted by molar-refractivity contribution is 0.577. The van der Waals surface area contributed by atoms with Gasteiger partial charge in [0.1, 0.15) is 5.82 Å². The molecule has 27 heavy (non-hydrogen) atoms. The predicted molar refractivity (Wildman–Crippen MR) is 102 cm³/mol. The normalized spacial score (nSPS) is 14.9. The second kappa shape index (κ2) is 7.55. The Morgan fingerprint density at radius 2 is 1.56 bits per heavy atom. The third-order valence-electron chi connectivity index (χ3n) is 4.08. The van der Waals surface area contributed by atoms with E-state index >= 15 is 0 Å². The predicted octanol–water partition coefficient (Wildman–Crippen LogP) is 1.07. The summed E-state index contributed by atoms with van der Waals surface area (Å²) >= 11 is 0. The topological polar surface area (TPSA) is 108 Å². The number of anilines is 1. The van der Waals surface area contributed by atoms with Crippen LogP contribution < -0.4 is 14.3 Å². The zero-order chi connectivity index (χ0) is 19.7. The van der Waals surface area contributed by atoms with Crippen LogP contribution in [0.3, 0.4) is 0 Å². The maximum Gasteiger partial charge on any atom is 0.240 e. The molecule has 0 radical (unpaired) electrons. The fourth-order valence-electron chi connectivity index (χ4n) is 2.33. The molecule has 0 atom stereocenters. The van der Waals surface area contributed by atoms with Crippen LogP contribution in [0.4, 0.5) is 5.82 Å². The third kappa shape index (κ3) is 5.04. The van der Waals surface area contributed by atoms with E-state index in [2.05, 4.69) is 14.4 Å². The van der Waals surface area contributed by atoms with E-state index in [-0.39, 0.29) is 22.4 Å². The van der Waals surface area contributed by atoms with Crippen LogP contribution in [0.1, 0.15) is 18.4 Å². The smallest absolute Gasteiger partial charge is 0.240 e. The summed E-state index contributed by atoms with van der Waals surface area (Å²) in [6.07, 6.45) is 3.27. The average Bonchev–Trinajstić information content (AvgIpc) is 3.44. The molecule has 2 aromatic rings. The molecule has 1 aliphatic carbocycles. The number of aromatic nitrogens is 1. The molecule has 0 saturated heterocycles. The van der Waals surface area contributed by atoms with Gasteiger partial charge in [-0.25, -0.2) is 31.3 Å². The SMILES string of the molecule is CN(C)c1ccc(CNS(=O)(=O)c2ccc(S(=O)(=O)NC3CC3)cc2)cn1. The number of nitrogens with one attached hydrogen (secondary N) is 2. The summed E-state index contributed by atoms with van der Waals surface area (Å²) < 4.78 is 54.2. The minimum Gasteiger partial charge on any atom is -0.363 e. The quantitative estimate of drug-likeness (QED) is 0.674. The Morgan fingerprint density at radius 1 is 0.963 bits per heavy atom. The van der Waals surface area contributed by atoms with Gasteiger partial charge >= 0.3 is 0 Å². The van der Waals surface area contributed by atoms with Gasteiger partial charge in [-0.1, -0.05) is 6.07 Å². The van der Waals surface area contributed by atoms with Crippen LogP contribution in [0.5, 0.6) is 0 Å². The number of sulfonamides is 2. The van der Waals surface area contributed by atoms with Crippen LogP contribution in [-0.2, 0) is 26.6 Å². The number of hydrogen-bond donors (Lipinski definition) is 2. The zero-order valence-corrected chi connectivity index (χ0v) is 16.7. The number of nitrogens with zero attached hydrogens (tertiary/aromatic N) is 2. The van der Waals surface area contributed by atoms with Gasteiger partial charge in [0.05, 0.1) is 9.79 Å². The lowest BCUT2D eigenvalue weighted by atomic mass is 10.3. The molecule has 0 amide bonds. The van der Waals surface area contributed by atoms with E-state index < -0.39 is 20.0 Å². The molecule has 1 saturated carbocycles. The van der Waals surface area contributed by atoms with E-state index in [1.54, 1.807) is 18.3 Å². The molecular formula is C17H22N4O4S2. The maximum absolute atomic E-state index is 12.4. The molecule has 0 bridgehead atoms. The number of benzene rings is 1. The molecule has 2 N–H and O–H groups in total. The summed E-state index contributed by atoms with van der Waals surface area (Å²) in [5, 5.41) is 0. The molecule has 0 aliphatic heterocycles. The van der Waals surface area contributed by atoms with Crippen LogP contribution in [0, 0.1) is 0 Å². The highest BCUT2D eigenvalue weighted by atomic mass is 32.2. The Hall–Kier alpha value is -2.01. The molecular weight excluding hydrogens is 388 g/mol. The summed E-state index contributed by atoms with van der Waals surface area (Å²) in [6.45, 7) is 0.0896. The largest absolute Gasteiger partial charge is 0.363 e. The highest BCUT2D eigenvalue weighted by Gasteiger charge is 2.28. The number of rotatable bonds is 8. The van der Waals surface area contributed by atoms with Crippen molar-refractivity contribution in [1.29, 1.82) is 0 Å². The minimum atomic E-state index is -3.76. The molecule has 1 aromatic carbocycles. The van der Waals surface area contributed by atoms with Crippen LogP contribution in [0.25, 0.3) is 0 Å². The van der Waals surface area contributed by atoms with Crippen molar-refractivity contribution in [2.75, 3.05) is 19.0 Å². The van der Waals surface area contributed by atoms with Crippen molar-refractivity contribution in [3.05, 3.63) is 48.2 Å². The third-order valence-corrected chi connectivity index (χ3v) is 7.03. The first-order valence-corrected chi connectivity index (χ1v) is 11.4. The van der Waals surface area contributed by atoms with Crippen molar-refractivity contribution in [2.24, 2.45) is 0 Å². The second-order valence-corrected chi connectivity index (χ2v) is 10.1. The van der Waals surface area contributed by atoms with E-state index in [0.717, 1.165) is 24.2 Å². The molecule has 3 rings (SSSR count). The van der Waals surface area contributed by atoms with E-state index in [4.69, 9.17) is 0 Å². The Bertz CT molecular complexity index is 998. The van der Waals surface area contributed by atoms with Gasteiger partial charge in [0.25, 0.3) is 0 Å². The molecule has 0 unspecified atom stereocenters. The molecule has 1 aromatic heterocycles. The standard InChI is InChI=1S/C17H22N4O4S2/c1-21(2)17-10-3-13(11-18-17)12-19-26(22,23)15-6-8-16(9-7-15)27(24,25)20-14-4-5-14/h3,6-11,14,19-20H,4-5,12H2,1-2H3. The molecule has 1 aliphatic rings. The van der Waals surface area contributed by atoms with Crippen molar-refractivity contribution >= 4 is 25.9 Å². The summed E-state index contributed by atoms with van der Waals surface area (Å²) in [5.74, 6) is 0.776. The van der Waals surface area contributed by atoms with Gasteiger partial charge < -0.3 is 4.90 Å². The molecule has 8 nitrogen and oxygen atoms in total. The van der Waals surface area contributed by atoms with Gasteiger partial charge in [0.15, 0.2) is 0 Å². The molecule has 146 valence electrons. The van der Waals surface area contributed by atoms with Crippen molar-refractivity contribution in [2.45, 2.75) is 35.2 Å². The first-order valence-electron chi connectivity index (χ1n) is 8.42. The van der Waals surface area contributed by atoms with Crippen molar-refractivity contribution in [1.82, 2.24) is 14.4 Å². The van der Waals surface area contributed by atoms with E-state index in [1.165, 1.54) is 24.3 Å². The number of pyridine rings is 1. The van der Waals surface area contributed by atoms with Crippen LogP contribution in [0.2, 0.25) is 0 Å². The average molecular weight is 411 g/mol. The van der Waals surface area contributed by atoms with Gasteiger partial charge in [0, 0.05) is 32.9 Å². The van der Waals surface area contributed by atoms with E-state index in [9.17, 15) is 16.8 Å². The molecule has 10 heteroatoms. The second-order valence-electron chi connectivity index (χ2n) is 6.61. The first kappa shape index (κ1) is 19.7. The monoisotopic (exact) mass is 410 g/mol. The van der Waals surface area contributed by atoms with E-state index in [1.807, 2.05) is 19.0 Å². The summed E-state index contributed by atoms with van der Waals surface area (Å²) in [4.78, 5) is 6.14. The Morgan fingerprint density at radius 3 is 2.04 bits per heavy atom. The summed E-state index contributed by atoms with van der Waals surface area (Å²) in [6, 6.07) is 8.76. The van der Waals surface area contributed by atoms with Crippen LogP contribution in [0.15, 0.2) is 52.4 Å². The van der Waals surface area contributed by atoms with Gasteiger partial charge in [0.2, 0.25) is 20.0 Å². The highest BCUT2D eigenvalue weighted by Crippen LogP contribution is 2.22. The summed E-state index contributed by atoms with van der Waals surface area (Å²) in [7, 11) is -3.62. The Labute approximate surface area is 159 Å². The molecule has 1 fully saturated rings. The van der Waals surface area contributed by atoms with Crippen LogP contribution >= 0.6 is 0 Å². The summed E-state index contributed by atoms with van der Waals surface area (Å²) in [5.41, 5.74) is 0.719. The fraction of sp³-hybridized carbons (Fsp3) is 0.353. The van der Waals surface area contributed by atoms with Gasteiger partial charge in [-0.05, 0) is 48.7 Å². The van der Waals surface area contributed by atoms with Gasteiger partial charge in [-0.3, -0.25) is 0 Å². The maximum atomic E-state index is 12.4. The lowest BCUT2D eigenvalue weighted by Crippen LogP contribution is -2.26. The lowest BCUT2D eigenvalue weighted by Gasteiger charge is -2.12. The number of hydrogen-bond acceptors (Lipinski definition) is 6. The van der Waals surface area contributed by atoms with Crippen molar-refractivity contribution in [3.8, 4) is 0 Å². The molecule has 1 heterocycles. The van der Waals surface area contributed by atoms with Crippen LogP contribution in [-0.4, -0.2) is 42.0 Å². The Balaban J connectivity index is 1.67. The van der Waals surface area contributed by atoms with Gasteiger partial charge in [-0.2, -0.15) is 0 Å².